The van der Waals surface area contributed by atoms with Gasteiger partial charge in [0.15, 0.2) is 5.75 Å². The van der Waals surface area contributed by atoms with Gasteiger partial charge in [-0.15, -0.1) is 0 Å². The van der Waals surface area contributed by atoms with Crippen molar-refractivity contribution < 1.29 is 9.66 Å². The number of aromatic nitrogens is 2. The van der Waals surface area contributed by atoms with E-state index in [1.807, 2.05) is 17.8 Å². The minimum absolute atomic E-state index is 0.0464. The van der Waals surface area contributed by atoms with Crippen LogP contribution in [0.3, 0.4) is 0 Å². The Hall–Kier alpha value is -2.57. The number of benzene rings is 1. The van der Waals surface area contributed by atoms with Gasteiger partial charge in [-0.25, -0.2) is 4.98 Å². The molecule has 1 N–H and O–H groups in total. The van der Waals surface area contributed by atoms with Gasteiger partial charge in [-0.1, -0.05) is 6.07 Å². The van der Waals surface area contributed by atoms with Crippen molar-refractivity contribution in [2.75, 3.05) is 19.0 Å². The minimum atomic E-state index is -0.443. The molecule has 0 aliphatic rings. The number of hydrogen-bond donors (Lipinski definition) is 1. The Kier molecular flexibility index (Phi) is 4.19. The van der Waals surface area contributed by atoms with E-state index in [0.717, 1.165) is 5.82 Å². The molecule has 0 amide bonds. The summed E-state index contributed by atoms with van der Waals surface area (Å²) in [6, 6.07) is 4.95. The van der Waals surface area contributed by atoms with Gasteiger partial charge in [0.05, 0.1) is 12.0 Å². The van der Waals surface area contributed by atoms with E-state index >= 15 is 0 Å². The summed E-state index contributed by atoms with van der Waals surface area (Å²) >= 11 is 0. The number of imidazole rings is 1. The van der Waals surface area contributed by atoms with Crippen LogP contribution in [0.5, 0.6) is 5.75 Å². The molecule has 2 aromatic rings. The van der Waals surface area contributed by atoms with Gasteiger partial charge >= 0.3 is 5.69 Å². The zero-order chi connectivity index (χ0) is 14.5. The maximum Gasteiger partial charge on any atom is 0.333 e. The van der Waals surface area contributed by atoms with Gasteiger partial charge in [-0.2, -0.15) is 0 Å². The SMILES string of the molecule is COc1cccc(NCCc2nccn2C)c1[N+](=O)[O-]. The van der Waals surface area contributed by atoms with E-state index in [1.165, 1.54) is 7.11 Å². The van der Waals surface area contributed by atoms with Crippen LogP contribution in [0.25, 0.3) is 0 Å². The molecule has 106 valence electrons. The molecule has 0 aliphatic carbocycles. The zero-order valence-electron chi connectivity index (χ0n) is 11.4. The molecule has 7 heteroatoms. The number of anilines is 1. The molecule has 1 aromatic heterocycles. The summed E-state index contributed by atoms with van der Waals surface area (Å²) in [7, 11) is 3.33. The third-order valence-corrected chi connectivity index (χ3v) is 2.99. The van der Waals surface area contributed by atoms with Gasteiger partial charge in [-0.05, 0) is 12.1 Å². The highest BCUT2D eigenvalue weighted by molar-refractivity contribution is 5.68. The fourth-order valence-corrected chi connectivity index (χ4v) is 1.96. The summed E-state index contributed by atoms with van der Waals surface area (Å²) in [6.45, 7) is 0.554. The van der Waals surface area contributed by atoms with Gasteiger partial charge in [0, 0.05) is 32.4 Å². The van der Waals surface area contributed by atoms with Gasteiger partial charge in [0.2, 0.25) is 0 Å². The molecule has 0 saturated heterocycles. The van der Waals surface area contributed by atoms with Gasteiger partial charge in [0.25, 0.3) is 0 Å². The fraction of sp³-hybridized carbons (Fsp3) is 0.308. The lowest BCUT2D eigenvalue weighted by Crippen LogP contribution is -2.10. The fourth-order valence-electron chi connectivity index (χ4n) is 1.96. The highest BCUT2D eigenvalue weighted by Gasteiger charge is 2.20. The predicted octanol–water partition coefficient (Wildman–Crippen LogP) is 1.99. The number of nitro benzene ring substituents is 1. The van der Waals surface area contributed by atoms with Crippen LogP contribution in [0.4, 0.5) is 11.4 Å². The Bertz CT molecular complexity index is 609. The first-order valence-electron chi connectivity index (χ1n) is 6.15. The molecule has 1 heterocycles. The van der Waals surface area contributed by atoms with Crippen LogP contribution in [0.15, 0.2) is 30.6 Å². The number of methoxy groups -OCH3 is 1. The maximum absolute atomic E-state index is 11.1. The molecule has 0 spiro atoms. The number of aryl methyl sites for hydroxylation is 1. The van der Waals surface area contributed by atoms with Crippen LogP contribution in [0.1, 0.15) is 5.82 Å². The standard InChI is InChI=1S/C13H16N4O3/c1-16-9-8-15-12(16)6-7-14-10-4-3-5-11(20-2)13(10)17(18)19/h3-5,8-9,14H,6-7H2,1-2H3. The number of nitrogens with one attached hydrogen (secondary N) is 1. The quantitative estimate of drug-likeness (QED) is 0.644. The Labute approximate surface area is 116 Å². The first-order valence-corrected chi connectivity index (χ1v) is 6.15. The van der Waals surface area contributed by atoms with Crippen molar-refractivity contribution in [2.45, 2.75) is 6.42 Å². The smallest absolute Gasteiger partial charge is 0.333 e. The van der Waals surface area contributed by atoms with Crippen LogP contribution in [-0.2, 0) is 13.5 Å². The van der Waals surface area contributed by atoms with Gasteiger partial charge in [-0.3, -0.25) is 10.1 Å². The predicted molar refractivity (Wildman–Crippen MR) is 75.1 cm³/mol. The normalized spacial score (nSPS) is 10.3. The number of hydrogen-bond acceptors (Lipinski definition) is 5. The van der Waals surface area contributed by atoms with E-state index in [4.69, 9.17) is 4.74 Å². The van der Waals surface area contributed by atoms with Gasteiger partial charge in [0.1, 0.15) is 11.5 Å². The molecule has 0 aliphatic heterocycles. The van der Waals surface area contributed by atoms with E-state index in [0.29, 0.717) is 18.7 Å². The molecular weight excluding hydrogens is 260 g/mol. The number of ether oxygens (including phenoxy) is 1. The zero-order valence-corrected chi connectivity index (χ0v) is 11.4. The summed E-state index contributed by atoms with van der Waals surface area (Å²) in [5.41, 5.74) is 0.401. The van der Waals surface area contributed by atoms with Crippen LogP contribution < -0.4 is 10.1 Å². The van der Waals surface area contributed by atoms with Crippen molar-refractivity contribution in [3.63, 3.8) is 0 Å². The van der Waals surface area contributed by atoms with Crippen molar-refractivity contribution in [1.29, 1.82) is 0 Å². The number of nitrogens with zero attached hydrogens (tertiary/aromatic N) is 3. The Morgan fingerprint density at radius 1 is 1.50 bits per heavy atom. The summed E-state index contributed by atoms with van der Waals surface area (Å²) in [5.74, 6) is 1.17. The second-order valence-corrected chi connectivity index (χ2v) is 4.24. The summed E-state index contributed by atoms with van der Waals surface area (Å²) in [6.07, 6.45) is 4.27. The molecule has 0 radical (unpaired) electrons. The Balaban J connectivity index is 2.09. The topological polar surface area (TPSA) is 82.2 Å². The average Bonchev–Trinajstić information content (AvgIpc) is 2.84. The molecule has 0 fully saturated rings. The van der Waals surface area contributed by atoms with Crippen molar-refractivity contribution in [3.05, 3.63) is 46.5 Å². The second-order valence-electron chi connectivity index (χ2n) is 4.24. The Morgan fingerprint density at radius 2 is 2.30 bits per heavy atom. The van der Waals surface area contributed by atoms with Crippen LogP contribution >= 0.6 is 0 Å². The first kappa shape index (κ1) is 13.9. The lowest BCUT2D eigenvalue weighted by molar-refractivity contribution is -0.384. The molecule has 0 bridgehead atoms. The second kappa shape index (κ2) is 6.05. The number of rotatable bonds is 6. The number of nitro groups is 1. The highest BCUT2D eigenvalue weighted by atomic mass is 16.6. The molecule has 7 nitrogen and oxygen atoms in total. The third-order valence-electron chi connectivity index (χ3n) is 2.99. The van der Waals surface area contributed by atoms with Crippen molar-refractivity contribution in [2.24, 2.45) is 7.05 Å². The van der Waals surface area contributed by atoms with Gasteiger partial charge < -0.3 is 14.6 Å². The molecule has 20 heavy (non-hydrogen) atoms. The largest absolute Gasteiger partial charge is 0.490 e. The number of para-hydroxylation sites is 1. The third kappa shape index (κ3) is 2.87. The van der Waals surface area contributed by atoms with E-state index < -0.39 is 4.92 Å². The highest BCUT2D eigenvalue weighted by Crippen LogP contribution is 2.34. The molecule has 1 aromatic carbocycles. The lowest BCUT2D eigenvalue weighted by atomic mass is 10.2. The summed E-state index contributed by atoms with van der Waals surface area (Å²) in [5, 5.41) is 14.2. The van der Waals surface area contributed by atoms with E-state index in [2.05, 4.69) is 10.3 Å². The van der Waals surface area contributed by atoms with Crippen LogP contribution in [0.2, 0.25) is 0 Å². The van der Waals surface area contributed by atoms with Crippen LogP contribution in [0, 0.1) is 10.1 Å². The van der Waals surface area contributed by atoms with E-state index in [9.17, 15) is 10.1 Å². The molecule has 0 unspecified atom stereocenters. The summed E-state index contributed by atoms with van der Waals surface area (Å²) in [4.78, 5) is 14.9. The van der Waals surface area contributed by atoms with Crippen molar-refractivity contribution in [3.8, 4) is 5.75 Å². The van der Waals surface area contributed by atoms with E-state index in [-0.39, 0.29) is 11.4 Å². The van der Waals surface area contributed by atoms with E-state index in [1.54, 1.807) is 24.4 Å². The molecular formula is C13H16N4O3. The lowest BCUT2D eigenvalue weighted by Gasteiger charge is -2.09. The molecule has 0 atom stereocenters. The molecule has 2 rings (SSSR count). The van der Waals surface area contributed by atoms with Crippen LogP contribution in [-0.4, -0.2) is 28.1 Å². The summed E-state index contributed by atoms with van der Waals surface area (Å²) < 4.78 is 6.94. The van der Waals surface area contributed by atoms with Crippen molar-refractivity contribution >= 4 is 11.4 Å². The Morgan fingerprint density at radius 3 is 2.90 bits per heavy atom. The molecule has 0 saturated carbocycles. The monoisotopic (exact) mass is 276 g/mol. The van der Waals surface area contributed by atoms with Crippen molar-refractivity contribution in [1.82, 2.24) is 9.55 Å². The first-order chi connectivity index (χ1) is 9.63. The minimum Gasteiger partial charge on any atom is -0.490 e. The maximum atomic E-state index is 11.1. The average molecular weight is 276 g/mol.